The zero-order chi connectivity index (χ0) is 23.5. The topological polar surface area (TPSA) is 94.2 Å². The Balaban J connectivity index is 2.16. The Bertz CT molecular complexity index is 1090. The Kier molecular flexibility index (Phi) is 7.79. The van der Waals surface area contributed by atoms with E-state index in [1.165, 1.54) is 12.3 Å². The van der Waals surface area contributed by atoms with Crippen molar-refractivity contribution in [3.8, 4) is 11.5 Å². The third kappa shape index (κ3) is 5.24. The second-order valence-corrected chi connectivity index (χ2v) is 10.4. The van der Waals surface area contributed by atoms with Crippen molar-refractivity contribution in [2.75, 3.05) is 13.4 Å². The number of benzene rings is 1. The van der Waals surface area contributed by atoms with Gasteiger partial charge in [0.2, 0.25) is 10.0 Å². The van der Waals surface area contributed by atoms with Crippen molar-refractivity contribution in [3.63, 3.8) is 0 Å². The molecule has 0 amide bonds. The van der Waals surface area contributed by atoms with Crippen LogP contribution in [0, 0.1) is 0 Å². The predicted molar refractivity (Wildman–Crippen MR) is 129 cm³/mol. The molecule has 0 atom stereocenters. The molecule has 2 N–H and O–H groups in total. The molecule has 1 heterocycles. The molecule has 0 radical (unpaired) electrons. The maximum absolute atomic E-state index is 12.5. The first-order valence-corrected chi connectivity index (χ1v) is 12.8. The van der Waals surface area contributed by atoms with E-state index < -0.39 is 10.0 Å². The monoisotopic (exact) mass is 499 g/mol. The average molecular weight is 500 g/mol. The number of sulfonamides is 1. The van der Waals surface area contributed by atoms with Crippen LogP contribution >= 0.6 is 23.2 Å². The number of hydrogen-bond donors (Lipinski definition) is 1. The fourth-order valence-corrected chi connectivity index (χ4v) is 4.85. The van der Waals surface area contributed by atoms with Gasteiger partial charge in [-0.1, -0.05) is 35.9 Å². The molecule has 0 saturated heterocycles. The number of halogens is 2. The van der Waals surface area contributed by atoms with Crippen LogP contribution in [0.4, 0.5) is 0 Å². The summed E-state index contributed by atoms with van der Waals surface area (Å²) in [5.74, 6) is 1.09. The highest BCUT2D eigenvalue weighted by molar-refractivity contribution is 7.88. The Morgan fingerprint density at radius 3 is 2.59 bits per heavy atom. The van der Waals surface area contributed by atoms with E-state index in [0.717, 1.165) is 41.9 Å². The first-order valence-electron chi connectivity index (χ1n) is 10.2. The molecule has 1 aromatic carbocycles. The summed E-state index contributed by atoms with van der Waals surface area (Å²) < 4.78 is 37.8. The van der Waals surface area contributed by atoms with E-state index in [2.05, 4.69) is 11.7 Å². The minimum Gasteiger partial charge on any atom is -0.493 e. The first kappa shape index (κ1) is 24.5. The number of rotatable bonds is 8. The quantitative estimate of drug-likeness (QED) is 0.527. The Hall–Kier alpha value is -2.16. The molecule has 0 aromatic heterocycles. The highest BCUT2D eigenvalue weighted by atomic mass is 35.5. The summed E-state index contributed by atoms with van der Waals surface area (Å²) in [5, 5.41) is 4.94. The van der Waals surface area contributed by atoms with E-state index in [1.807, 2.05) is 6.07 Å². The van der Waals surface area contributed by atoms with Crippen LogP contribution in [0.3, 0.4) is 0 Å². The number of methoxy groups -OCH3 is 1. The van der Waals surface area contributed by atoms with Crippen molar-refractivity contribution in [2.24, 2.45) is 10.8 Å². The summed E-state index contributed by atoms with van der Waals surface area (Å²) in [6.45, 7) is 3.72. The summed E-state index contributed by atoms with van der Waals surface area (Å²) >= 11 is 12.6. The zero-order valence-electron chi connectivity index (χ0n) is 18.1. The normalized spacial score (nSPS) is 18.1. The lowest BCUT2D eigenvalue weighted by atomic mass is 9.95. The minimum absolute atomic E-state index is 0.0334. The highest BCUT2D eigenvalue weighted by Gasteiger charge is 2.31. The molecule has 3 rings (SSSR count). The summed E-state index contributed by atoms with van der Waals surface area (Å²) in [4.78, 5) is 0. The molecule has 0 unspecified atom stereocenters. The van der Waals surface area contributed by atoms with Crippen LogP contribution in [0.2, 0.25) is 0 Å². The maximum Gasteiger partial charge on any atom is 0.247 e. The Morgan fingerprint density at radius 1 is 1.34 bits per heavy atom. The third-order valence-corrected chi connectivity index (χ3v) is 7.21. The molecule has 1 aliphatic carbocycles. The van der Waals surface area contributed by atoms with Gasteiger partial charge >= 0.3 is 0 Å². The molecule has 1 aromatic rings. The smallest absolute Gasteiger partial charge is 0.247 e. The molecular formula is C22H27Cl2N3O4S. The highest BCUT2D eigenvalue weighted by Crippen LogP contribution is 2.41. The number of hydrogen-bond acceptors (Lipinski definition) is 6. The molecule has 32 heavy (non-hydrogen) atoms. The van der Waals surface area contributed by atoms with Crippen LogP contribution in [0.15, 0.2) is 51.7 Å². The van der Waals surface area contributed by atoms with Gasteiger partial charge in [-0.05, 0) is 43.4 Å². The molecule has 1 fully saturated rings. The van der Waals surface area contributed by atoms with E-state index >= 15 is 0 Å². The van der Waals surface area contributed by atoms with Gasteiger partial charge < -0.3 is 15.2 Å². The molecule has 2 aliphatic rings. The van der Waals surface area contributed by atoms with Crippen molar-refractivity contribution in [3.05, 3.63) is 57.8 Å². The minimum atomic E-state index is -3.64. The van der Waals surface area contributed by atoms with Crippen molar-refractivity contribution < 1.29 is 17.9 Å². The molecule has 10 heteroatoms. The van der Waals surface area contributed by atoms with Crippen LogP contribution in [0.1, 0.15) is 43.2 Å². The number of nitrogens with zero attached hydrogens (tertiary/aromatic N) is 2. The van der Waals surface area contributed by atoms with Gasteiger partial charge in [0.25, 0.3) is 0 Å². The van der Waals surface area contributed by atoms with Gasteiger partial charge in [-0.2, -0.15) is 9.52 Å². The van der Waals surface area contributed by atoms with Crippen molar-refractivity contribution in [1.29, 1.82) is 0 Å². The van der Waals surface area contributed by atoms with Crippen LogP contribution in [-0.4, -0.2) is 38.0 Å². The second kappa shape index (κ2) is 10.2. The van der Waals surface area contributed by atoms with Crippen molar-refractivity contribution in [1.82, 2.24) is 4.41 Å². The summed E-state index contributed by atoms with van der Waals surface area (Å²) in [7, 11) is -2.08. The standard InChI is InChI=1S/C22H27Cl2N3O4S/c1-4-18(23)16(19(24)12-25)11-20-15-9-10-21(30-2)22(31-14-7-5-6-8-14)17(15)13-27(26-20)32(3,28)29/h4,9-10,12,14H,1,5-8,11,13,25H2,2-3H3/b18-16+,19-12+. The average Bonchev–Trinajstić information content (AvgIpc) is 3.29. The lowest BCUT2D eigenvalue weighted by Crippen LogP contribution is -2.31. The van der Waals surface area contributed by atoms with Gasteiger partial charge in [0.05, 0.1) is 36.8 Å². The van der Waals surface area contributed by atoms with Crippen molar-refractivity contribution >= 4 is 38.9 Å². The van der Waals surface area contributed by atoms with E-state index in [9.17, 15) is 8.42 Å². The fraction of sp³-hybridized carbons (Fsp3) is 0.409. The van der Waals surface area contributed by atoms with Crippen LogP contribution in [0.5, 0.6) is 11.5 Å². The summed E-state index contributed by atoms with van der Waals surface area (Å²) in [5.41, 5.74) is 7.99. The van der Waals surface area contributed by atoms with Crippen LogP contribution in [0.25, 0.3) is 0 Å². The van der Waals surface area contributed by atoms with Gasteiger partial charge in [-0.3, -0.25) is 0 Å². The second-order valence-electron chi connectivity index (χ2n) is 7.66. The van der Waals surface area contributed by atoms with Gasteiger partial charge in [0.1, 0.15) is 0 Å². The Morgan fingerprint density at radius 2 is 2.03 bits per heavy atom. The maximum atomic E-state index is 12.5. The van der Waals surface area contributed by atoms with E-state index in [1.54, 1.807) is 13.2 Å². The first-order chi connectivity index (χ1) is 15.2. The van der Waals surface area contributed by atoms with E-state index in [0.29, 0.717) is 33.4 Å². The molecule has 7 nitrogen and oxygen atoms in total. The van der Waals surface area contributed by atoms with Gasteiger partial charge in [0, 0.05) is 28.8 Å². The van der Waals surface area contributed by atoms with Crippen LogP contribution < -0.4 is 15.2 Å². The molecule has 1 aliphatic heterocycles. The predicted octanol–water partition coefficient (Wildman–Crippen LogP) is 4.60. The van der Waals surface area contributed by atoms with Gasteiger partial charge in [-0.15, -0.1) is 0 Å². The zero-order valence-corrected chi connectivity index (χ0v) is 20.4. The molecular weight excluding hydrogens is 473 g/mol. The van der Waals surface area contributed by atoms with Crippen LogP contribution in [-0.2, 0) is 16.6 Å². The lowest BCUT2D eigenvalue weighted by molar-refractivity contribution is 0.196. The molecule has 174 valence electrons. The third-order valence-electron chi connectivity index (χ3n) is 5.50. The fourth-order valence-electron chi connectivity index (χ4n) is 3.85. The van der Waals surface area contributed by atoms with Crippen molar-refractivity contribution in [2.45, 2.75) is 44.8 Å². The molecule has 0 bridgehead atoms. The Labute approximate surface area is 199 Å². The largest absolute Gasteiger partial charge is 0.493 e. The number of allylic oxidation sites excluding steroid dienone is 4. The summed E-state index contributed by atoms with van der Waals surface area (Å²) in [6, 6.07) is 3.64. The number of nitrogens with two attached hydrogens (primary N) is 1. The molecule has 1 saturated carbocycles. The van der Waals surface area contributed by atoms with E-state index in [-0.39, 0.29) is 24.1 Å². The summed E-state index contributed by atoms with van der Waals surface area (Å²) in [6.07, 6.45) is 8.08. The molecule has 0 spiro atoms. The van der Waals surface area contributed by atoms with E-state index in [4.69, 9.17) is 38.4 Å². The number of fused-ring (bicyclic) bond motifs is 1. The lowest BCUT2D eigenvalue weighted by Gasteiger charge is -2.29. The SMILES string of the molecule is C=C/C(Cl)=C(CC1=NN(S(C)(=O)=O)Cc2c1ccc(OC)c2OC1CCCC1)\C(Cl)=C/N. The number of hydrazone groups is 1. The van der Waals surface area contributed by atoms with Gasteiger partial charge in [-0.25, -0.2) is 8.42 Å². The number of ether oxygens (including phenoxy) is 2. The van der Waals surface area contributed by atoms with Gasteiger partial charge in [0.15, 0.2) is 11.5 Å².